The molecule has 2 rings (SSSR count). The second-order valence-corrected chi connectivity index (χ2v) is 5.36. The van der Waals surface area contributed by atoms with Crippen molar-refractivity contribution in [1.82, 2.24) is 9.78 Å². The van der Waals surface area contributed by atoms with E-state index >= 15 is 0 Å². The third kappa shape index (κ3) is 3.18. The van der Waals surface area contributed by atoms with Crippen molar-refractivity contribution < 1.29 is 9.84 Å². The molecule has 4 nitrogen and oxygen atoms in total. The third-order valence-electron chi connectivity index (χ3n) is 3.91. The Morgan fingerprint density at radius 1 is 1.37 bits per heavy atom. The molecule has 2 unspecified atom stereocenters. The van der Waals surface area contributed by atoms with Gasteiger partial charge in [0.2, 0.25) is 0 Å². The highest BCUT2D eigenvalue weighted by Crippen LogP contribution is 2.25. The Labute approximate surface area is 115 Å². The number of hydrogen-bond acceptors (Lipinski definition) is 3. The fourth-order valence-electron chi connectivity index (χ4n) is 2.98. The van der Waals surface area contributed by atoms with E-state index in [2.05, 4.69) is 18.5 Å². The summed E-state index contributed by atoms with van der Waals surface area (Å²) in [4.78, 5) is 0. The van der Waals surface area contributed by atoms with Gasteiger partial charge in [0.05, 0.1) is 24.4 Å². The molecule has 1 saturated heterocycles. The van der Waals surface area contributed by atoms with E-state index in [4.69, 9.17) is 9.84 Å². The fourth-order valence-corrected chi connectivity index (χ4v) is 2.98. The van der Waals surface area contributed by atoms with Gasteiger partial charge in [0.1, 0.15) is 0 Å². The lowest BCUT2D eigenvalue weighted by Crippen LogP contribution is -2.26. The largest absolute Gasteiger partial charge is 0.389 e. The van der Waals surface area contributed by atoms with Crippen LogP contribution in [0.3, 0.4) is 0 Å². The summed E-state index contributed by atoms with van der Waals surface area (Å²) in [5, 5.41) is 14.7. The number of aliphatic hydroxyl groups excluding tert-OH is 1. The van der Waals surface area contributed by atoms with Crippen molar-refractivity contribution in [1.29, 1.82) is 0 Å². The van der Waals surface area contributed by atoms with Gasteiger partial charge in [0, 0.05) is 17.9 Å². The van der Waals surface area contributed by atoms with Crippen molar-refractivity contribution in [3.8, 4) is 0 Å². The molecular formula is C15H26N2O2. The molecule has 0 spiro atoms. The lowest BCUT2D eigenvalue weighted by atomic mass is 10.0. The number of aromatic nitrogens is 2. The highest BCUT2D eigenvalue weighted by atomic mass is 16.5. The predicted octanol–water partition coefficient (Wildman–Crippen LogP) is 2.63. The molecule has 19 heavy (non-hydrogen) atoms. The van der Waals surface area contributed by atoms with Gasteiger partial charge in [-0.3, -0.25) is 4.68 Å². The Hall–Kier alpha value is -0.870. The molecular weight excluding hydrogens is 240 g/mol. The van der Waals surface area contributed by atoms with E-state index in [1.54, 1.807) is 0 Å². The van der Waals surface area contributed by atoms with Crippen LogP contribution < -0.4 is 0 Å². The zero-order valence-electron chi connectivity index (χ0n) is 12.4. The lowest BCUT2D eigenvalue weighted by Gasteiger charge is -2.23. The van der Waals surface area contributed by atoms with Crippen LogP contribution in [-0.2, 0) is 24.1 Å². The molecule has 0 amide bonds. The minimum atomic E-state index is -0.439. The highest BCUT2D eigenvalue weighted by molar-refractivity contribution is 5.28. The van der Waals surface area contributed by atoms with Gasteiger partial charge in [-0.1, -0.05) is 13.8 Å². The van der Waals surface area contributed by atoms with Crippen LogP contribution in [0.2, 0.25) is 0 Å². The van der Waals surface area contributed by atoms with Gasteiger partial charge in [-0.05, 0) is 39.0 Å². The Morgan fingerprint density at radius 2 is 2.16 bits per heavy atom. The van der Waals surface area contributed by atoms with Crippen molar-refractivity contribution in [3.63, 3.8) is 0 Å². The zero-order chi connectivity index (χ0) is 13.8. The Morgan fingerprint density at radius 3 is 2.68 bits per heavy atom. The monoisotopic (exact) mass is 266 g/mol. The first-order valence-corrected chi connectivity index (χ1v) is 7.55. The maximum absolute atomic E-state index is 9.98. The van der Waals surface area contributed by atoms with Crippen molar-refractivity contribution in [2.24, 2.45) is 0 Å². The molecule has 1 aliphatic rings. The van der Waals surface area contributed by atoms with Gasteiger partial charge >= 0.3 is 0 Å². The molecule has 0 radical (unpaired) electrons. The van der Waals surface area contributed by atoms with Gasteiger partial charge in [0.25, 0.3) is 0 Å². The van der Waals surface area contributed by atoms with Crippen LogP contribution in [0.4, 0.5) is 0 Å². The smallest absolute Gasteiger partial charge is 0.0798 e. The van der Waals surface area contributed by atoms with Crippen LogP contribution in [0.1, 0.15) is 63.1 Å². The van der Waals surface area contributed by atoms with E-state index < -0.39 is 6.10 Å². The molecule has 1 aromatic rings. The molecule has 0 aromatic carbocycles. The molecule has 1 fully saturated rings. The molecule has 4 heteroatoms. The SMILES string of the molecule is CCc1nn(CC2CCCCO2)c(CC)c1C(C)O. The Bertz CT molecular complexity index is 407. The predicted molar refractivity (Wildman–Crippen MR) is 75.2 cm³/mol. The van der Waals surface area contributed by atoms with Gasteiger partial charge in [-0.2, -0.15) is 5.10 Å². The van der Waals surface area contributed by atoms with E-state index in [0.29, 0.717) is 0 Å². The molecule has 0 aliphatic carbocycles. The second kappa shape index (κ2) is 6.53. The lowest BCUT2D eigenvalue weighted by molar-refractivity contribution is 0.00344. The van der Waals surface area contributed by atoms with Crippen LogP contribution in [0.15, 0.2) is 0 Å². The minimum Gasteiger partial charge on any atom is -0.389 e. The topological polar surface area (TPSA) is 47.3 Å². The summed E-state index contributed by atoms with van der Waals surface area (Å²) >= 11 is 0. The summed E-state index contributed by atoms with van der Waals surface area (Å²) in [6, 6.07) is 0. The van der Waals surface area contributed by atoms with E-state index in [-0.39, 0.29) is 6.10 Å². The molecule has 2 atom stereocenters. The summed E-state index contributed by atoms with van der Waals surface area (Å²) < 4.78 is 7.87. The second-order valence-electron chi connectivity index (χ2n) is 5.36. The molecule has 1 aliphatic heterocycles. The molecule has 1 aromatic heterocycles. The standard InChI is InChI=1S/C15H26N2O2/c1-4-13-15(11(3)18)14(5-2)17(16-13)10-12-8-6-7-9-19-12/h11-12,18H,4-10H2,1-3H3. The normalized spacial score (nSPS) is 21.6. The van der Waals surface area contributed by atoms with Gasteiger partial charge in [0.15, 0.2) is 0 Å². The number of ether oxygens (including phenoxy) is 1. The average molecular weight is 266 g/mol. The van der Waals surface area contributed by atoms with Crippen molar-refractivity contribution >= 4 is 0 Å². The van der Waals surface area contributed by atoms with E-state index in [1.165, 1.54) is 18.5 Å². The molecule has 108 valence electrons. The Balaban J connectivity index is 2.23. The molecule has 0 bridgehead atoms. The maximum atomic E-state index is 9.98. The van der Waals surface area contributed by atoms with Crippen LogP contribution in [-0.4, -0.2) is 27.6 Å². The first-order valence-electron chi connectivity index (χ1n) is 7.55. The van der Waals surface area contributed by atoms with Crippen LogP contribution in [0.25, 0.3) is 0 Å². The highest BCUT2D eigenvalue weighted by Gasteiger charge is 2.22. The summed E-state index contributed by atoms with van der Waals surface area (Å²) in [5.41, 5.74) is 3.23. The fraction of sp³-hybridized carbons (Fsp3) is 0.800. The first kappa shape index (κ1) is 14.5. The van der Waals surface area contributed by atoms with Gasteiger partial charge < -0.3 is 9.84 Å². The molecule has 1 N–H and O–H groups in total. The number of aryl methyl sites for hydroxylation is 1. The summed E-state index contributed by atoms with van der Waals surface area (Å²) in [5.74, 6) is 0. The molecule has 0 saturated carbocycles. The van der Waals surface area contributed by atoms with Crippen molar-refractivity contribution in [2.75, 3.05) is 6.61 Å². The van der Waals surface area contributed by atoms with Crippen molar-refractivity contribution in [2.45, 2.75) is 71.6 Å². The maximum Gasteiger partial charge on any atom is 0.0798 e. The van der Waals surface area contributed by atoms with Crippen LogP contribution in [0, 0.1) is 0 Å². The molecule has 2 heterocycles. The van der Waals surface area contributed by atoms with Gasteiger partial charge in [-0.15, -0.1) is 0 Å². The van der Waals surface area contributed by atoms with E-state index in [1.807, 2.05) is 6.92 Å². The van der Waals surface area contributed by atoms with Gasteiger partial charge in [-0.25, -0.2) is 0 Å². The van der Waals surface area contributed by atoms with Crippen LogP contribution in [0.5, 0.6) is 0 Å². The van der Waals surface area contributed by atoms with E-state index in [0.717, 1.165) is 43.7 Å². The average Bonchev–Trinajstić information content (AvgIpc) is 2.77. The van der Waals surface area contributed by atoms with Crippen LogP contribution >= 0.6 is 0 Å². The Kier molecular flexibility index (Phi) is 4.99. The summed E-state index contributed by atoms with van der Waals surface area (Å²) in [6.07, 6.45) is 5.16. The minimum absolute atomic E-state index is 0.283. The number of rotatable bonds is 5. The quantitative estimate of drug-likeness (QED) is 0.891. The van der Waals surface area contributed by atoms with E-state index in [9.17, 15) is 5.11 Å². The zero-order valence-corrected chi connectivity index (χ0v) is 12.4. The van der Waals surface area contributed by atoms with Crippen molar-refractivity contribution in [3.05, 3.63) is 17.0 Å². The number of hydrogen-bond donors (Lipinski definition) is 1. The number of aliphatic hydroxyl groups is 1. The summed E-state index contributed by atoms with van der Waals surface area (Å²) in [6.45, 7) is 7.74. The first-order chi connectivity index (χ1) is 9.17. The summed E-state index contributed by atoms with van der Waals surface area (Å²) in [7, 11) is 0. The third-order valence-corrected chi connectivity index (χ3v) is 3.91. The number of nitrogens with zero attached hydrogens (tertiary/aromatic N) is 2.